The second-order valence-electron chi connectivity index (χ2n) is 6.73. The van der Waals surface area contributed by atoms with Crippen LogP contribution in [0.5, 0.6) is 5.75 Å². The van der Waals surface area contributed by atoms with E-state index < -0.39 is 0 Å². The molecule has 5 nitrogen and oxygen atoms in total. The van der Waals surface area contributed by atoms with Crippen molar-refractivity contribution < 1.29 is 14.3 Å². The lowest BCUT2D eigenvalue weighted by Crippen LogP contribution is -2.35. The summed E-state index contributed by atoms with van der Waals surface area (Å²) < 4.78 is 11.0. The molecule has 0 radical (unpaired) electrons. The third-order valence-electron chi connectivity index (χ3n) is 4.21. The summed E-state index contributed by atoms with van der Waals surface area (Å²) in [4.78, 5) is 14.8. The van der Waals surface area contributed by atoms with Gasteiger partial charge in [0.1, 0.15) is 5.75 Å². The zero-order valence-corrected chi connectivity index (χ0v) is 15.4. The molecule has 1 aliphatic heterocycles. The average Bonchev–Trinajstić information content (AvgIpc) is 2.64. The lowest BCUT2D eigenvalue weighted by molar-refractivity contribution is 0.0342. The van der Waals surface area contributed by atoms with Gasteiger partial charge in [0.2, 0.25) is 0 Å². The Bertz CT molecular complexity index is 705. The van der Waals surface area contributed by atoms with Gasteiger partial charge in [-0.3, -0.25) is 9.69 Å². The Morgan fingerprint density at radius 2 is 1.73 bits per heavy atom. The van der Waals surface area contributed by atoms with Crippen molar-refractivity contribution in [2.24, 2.45) is 0 Å². The van der Waals surface area contributed by atoms with Crippen molar-refractivity contribution in [1.82, 2.24) is 4.90 Å². The van der Waals surface area contributed by atoms with Gasteiger partial charge in [-0.05, 0) is 55.8 Å². The minimum atomic E-state index is -0.111. The van der Waals surface area contributed by atoms with E-state index in [1.165, 1.54) is 5.56 Å². The molecule has 0 unspecified atom stereocenters. The number of carbonyl (C=O) groups is 1. The van der Waals surface area contributed by atoms with Crippen LogP contribution in [-0.4, -0.2) is 43.2 Å². The molecule has 1 aliphatic rings. The SMILES string of the molecule is CC(C)Oc1ccc(NC(=O)c2ccc(CN3CCOCC3)cc2)cc1. The van der Waals surface area contributed by atoms with Crippen molar-refractivity contribution >= 4 is 11.6 Å². The minimum Gasteiger partial charge on any atom is -0.491 e. The number of anilines is 1. The molecule has 0 aromatic heterocycles. The summed E-state index contributed by atoms with van der Waals surface area (Å²) in [5.74, 6) is 0.686. The lowest BCUT2D eigenvalue weighted by Gasteiger charge is -2.26. The molecule has 138 valence electrons. The van der Waals surface area contributed by atoms with E-state index in [4.69, 9.17) is 9.47 Å². The highest BCUT2D eigenvalue weighted by molar-refractivity contribution is 6.04. The summed E-state index contributed by atoms with van der Waals surface area (Å²) in [7, 11) is 0. The Balaban J connectivity index is 1.55. The highest BCUT2D eigenvalue weighted by Crippen LogP contribution is 2.18. The minimum absolute atomic E-state index is 0.111. The van der Waals surface area contributed by atoms with Crippen LogP contribution in [0, 0.1) is 0 Å². The number of morpholine rings is 1. The van der Waals surface area contributed by atoms with Gasteiger partial charge < -0.3 is 14.8 Å². The summed E-state index contributed by atoms with van der Waals surface area (Å²) in [6.07, 6.45) is 0.131. The van der Waals surface area contributed by atoms with Crippen molar-refractivity contribution in [2.45, 2.75) is 26.5 Å². The first-order valence-electron chi connectivity index (χ1n) is 9.07. The lowest BCUT2D eigenvalue weighted by atomic mass is 10.1. The first kappa shape index (κ1) is 18.4. The fourth-order valence-electron chi connectivity index (χ4n) is 2.87. The van der Waals surface area contributed by atoms with Crippen LogP contribution in [0.15, 0.2) is 48.5 Å². The molecular weight excluding hydrogens is 328 g/mol. The maximum absolute atomic E-state index is 12.4. The number of carbonyl (C=O) groups excluding carboxylic acids is 1. The largest absolute Gasteiger partial charge is 0.491 e. The molecule has 0 saturated carbocycles. The van der Waals surface area contributed by atoms with E-state index in [1.807, 2.05) is 62.4 Å². The van der Waals surface area contributed by atoms with Gasteiger partial charge in [-0.2, -0.15) is 0 Å². The Hall–Kier alpha value is -2.37. The molecule has 1 N–H and O–H groups in total. The summed E-state index contributed by atoms with van der Waals surface area (Å²) in [5.41, 5.74) is 2.61. The number of ether oxygens (including phenoxy) is 2. The van der Waals surface area contributed by atoms with Crippen LogP contribution in [0.3, 0.4) is 0 Å². The topological polar surface area (TPSA) is 50.8 Å². The van der Waals surface area contributed by atoms with Crippen LogP contribution in [0.2, 0.25) is 0 Å². The zero-order chi connectivity index (χ0) is 18.4. The predicted molar refractivity (Wildman–Crippen MR) is 103 cm³/mol. The molecule has 2 aromatic rings. The molecule has 5 heteroatoms. The van der Waals surface area contributed by atoms with E-state index in [9.17, 15) is 4.79 Å². The number of nitrogens with one attached hydrogen (secondary N) is 1. The number of nitrogens with zero attached hydrogens (tertiary/aromatic N) is 1. The van der Waals surface area contributed by atoms with Gasteiger partial charge in [-0.1, -0.05) is 12.1 Å². The van der Waals surface area contributed by atoms with Crippen LogP contribution >= 0.6 is 0 Å². The van der Waals surface area contributed by atoms with Gasteiger partial charge in [0.05, 0.1) is 19.3 Å². The molecule has 2 aromatic carbocycles. The summed E-state index contributed by atoms with van der Waals surface area (Å²) in [6, 6.07) is 15.2. The van der Waals surface area contributed by atoms with Crippen LogP contribution < -0.4 is 10.1 Å². The summed E-state index contributed by atoms with van der Waals surface area (Å²) in [6.45, 7) is 8.36. The number of amides is 1. The van der Waals surface area contributed by atoms with Crippen LogP contribution in [0.1, 0.15) is 29.8 Å². The molecule has 1 saturated heterocycles. The maximum Gasteiger partial charge on any atom is 0.255 e. The van der Waals surface area contributed by atoms with Crippen LogP contribution in [-0.2, 0) is 11.3 Å². The fraction of sp³-hybridized carbons (Fsp3) is 0.381. The van der Waals surface area contributed by atoms with Crippen molar-refractivity contribution in [1.29, 1.82) is 0 Å². The van der Waals surface area contributed by atoms with Crippen LogP contribution in [0.25, 0.3) is 0 Å². The average molecular weight is 354 g/mol. The molecule has 1 amide bonds. The molecule has 26 heavy (non-hydrogen) atoms. The first-order valence-corrected chi connectivity index (χ1v) is 9.07. The quantitative estimate of drug-likeness (QED) is 0.862. The molecule has 0 aliphatic carbocycles. The second kappa shape index (κ2) is 8.83. The van der Waals surface area contributed by atoms with E-state index in [0.717, 1.165) is 44.3 Å². The van der Waals surface area contributed by atoms with Gasteiger partial charge in [-0.25, -0.2) is 0 Å². The van der Waals surface area contributed by atoms with Gasteiger partial charge in [-0.15, -0.1) is 0 Å². The normalized spacial score (nSPS) is 15.0. The smallest absolute Gasteiger partial charge is 0.255 e. The van der Waals surface area contributed by atoms with Crippen molar-refractivity contribution in [3.63, 3.8) is 0 Å². The fourth-order valence-corrected chi connectivity index (χ4v) is 2.87. The van der Waals surface area contributed by atoms with Crippen molar-refractivity contribution in [3.05, 3.63) is 59.7 Å². The Morgan fingerprint density at radius 3 is 2.35 bits per heavy atom. The predicted octanol–water partition coefficient (Wildman–Crippen LogP) is 3.56. The zero-order valence-electron chi connectivity index (χ0n) is 15.4. The van der Waals surface area contributed by atoms with E-state index in [1.54, 1.807) is 0 Å². The van der Waals surface area contributed by atoms with Crippen molar-refractivity contribution in [2.75, 3.05) is 31.6 Å². The van der Waals surface area contributed by atoms with Gasteiger partial charge in [0.25, 0.3) is 5.91 Å². The Labute approximate surface area is 154 Å². The first-order chi connectivity index (χ1) is 12.6. The summed E-state index contributed by atoms with van der Waals surface area (Å²) >= 11 is 0. The van der Waals surface area contributed by atoms with Crippen LogP contribution in [0.4, 0.5) is 5.69 Å². The van der Waals surface area contributed by atoms with Crippen molar-refractivity contribution in [3.8, 4) is 5.75 Å². The molecular formula is C21H26N2O3. The highest BCUT2D eigenvalue weighted by Gasteiger charge is 2.11. The third-order valence-corrected chi connectivity index (χ3v) is 4.21. The molecule has 3 rings (SSSR count). The van der Waals surface area contributed by atoms with E-state index >= 15 is 0 Å². The van der Waals surface area contributed by atoms with E-state index in [-0.39, 0.29) is 12.0 Å². The second-order valence-corrected chi connectivity index (χ2v) is 6.73. The number of benzene rings is 2. The molecule has 0 bridgehead atoms. The molecule has 1 heterocycles. The Morgan fingerprint density at radius 1 is 1.08 bits per heavy atom. The maximum atomic E-state index is 12.4. The Kier molecular flexibility index (Phi) is 6.26. The third kappa shape index (κ3) is 5.31. The standard InChI is InChI=1S/C21H26N2O3/c1-16(2)26-20-9-7-19(8-10-20)22-21(24)18-5-3-17(4-6-18)15-23-11-13-25-14-12-23/h3-10,16H,11-15H2,1-2H3,(H,22,24). The van der Waals surface area contributed by atoms with Gasteiger partial charge >= 0.3 is 0 Å². The summed E-state index contributed by atoms with van der Waals surface area (Å²) in [5, 5.41) is 2.92. The van der Waals surface area contributed by atoms with E-state index in [2.05, 4.69) is 10.2 Å². The van der Waals surface area contributed by atoms with E-state index in [0.29, 0.717) is 5.56 Å². The number of hydrogen-bond donors (Lipinski definition) is 1. The molecule has 1 fully saturated rings. The monoisotopic (exact) mass is 354 g/mol. The highest BCUT2D eigenvalue weighted by atomic mass is 16.5. The molecule has 0 atom stereocenters. The number of hydrogen-bond acceptors (Lipinski definition) is 4. The number of rotatable bonds is 6. The molecule has 0 spiro atoms. The van der Waals surface area contributed by atoms with Gasteiger partial charge in [0, 0.05) is 30.9 Å². The van der Waals surface area contributed by atoms with Gasteiger partial charge in [0.15, 0.2) is 0 Å².